The van der Waals surface area contributed by atoms with Crippen LogP contribution in [0.1, 0.15) is 32.9 Å². The molecular weight excluding hydrogens is 539 g/mol. The first-order chi connectivity index (χ1) is 15.8. The molecule has 0 bridgehead atoms. The van der Waals surface area contributed by atoms with Crippen molar-refractivity contribution in [3.05, 3.63) is 67.1 Å². The summed E-state index contributed by atoms with van der Waals surface area (Å²) in [6, 6.07) is 9.57. The molecule has 0 saturated heterocycles. The molecule has 8 nitrogen and oxygen atoms in total. The molecule has 0 aliphatic rings. The molecule has 9 heteroatoms. The van der Waals surface area contributed by atoms with Gasteiger partial charge in [-0.25, -0.2) is 0 Å². The van der Waals surface area contributed by atoms with Crippen molar-refractivity contribution in [1.29, 1.82) is 0 Å². The second-order valence-corrected chi connectivity index (χ2v) is 8.83. The highest BCUT2D eigenvalue weighted by molar-refractivity contribution is 14.1. The Morgan fingerprint density at radius 2 is 1.79 bits per heavy atom. The van der Waals surface area contributed by atoms with Gasteiger partial charge in [-0.15, -0.1) is 0 Å². The van der Waals surface area contributed by atoms with Gasteiger partial charge in [-0.05, 0) is 86.0 Å². The molecule has 2 aromatic carbocycles. The number of nitrogens with one attached hydrogen (secondary N) is 1. The van der Waals surface area contributed by atoms with Gasteiger partial charge in [0.05, 0.1) is 19.6 Å². The van der Waals surface area contributed by atoms with Crippen molar-refractivity contribution >= 4 is 45.3 Å². The van der Waals surface area contributed by atoms with Gasteiger partial charge < -0.3 is 24.1 Å². The van der Waals surface area contributed by atoms with Crippen LogP contribution in [-0.4, -0.2) is 58.0 Å². The standard InChI is InChI=1S/C24H25IN2O6/c1-27(2)11-5-10-26-24(30)23-20(22(29)16-13-15(25)7-9-17(16)33-23)21(28)14-6-8-18(31-3)19(12-14)32-4/h6-9,12-13H,5,10-11H2,1-4H3,(H,26,30). The van der Waals surface area contributed by atoms with Gasteiger partial charge in [0.25, 0.3) is 5.91 Å². The number of halogens is 1. The highest BCUT2D eigenvalue weighted by Gasteiger charge is 2.27. The van der Waals surface area contributed by atoms with E-state index >= 15 is 0 Å². The number of methoxy groups -OCH3 is 2. The molecule has 0 spiro atoms. The number of rotatable bonds is 9. The van der Waals surface area contributed by atoms with E-state index < -0.39 is 17.1 Å². The van der Waals surface area contributed by atoms with Crippen molar-refractivity contribution in [1.82, 2.24) is 10.2 Å². The van der Waals surface area contributed by atoms with Gasteiger partial charge in [-0.2, -0.15) is 0 Å². The fraction of sp³-hybridized carbons (Fsp3) is 0.292. The number of carbonyl (C=O) groups is 2. The van der Waals surface area contributed by atoms with Gasteiger partial charge in [0, 0.05) is 15.7 Å². The van der Waals surface area contributed by atoms with Crippen molar-refractivity contribution in [3.63, 3.8) is 0 Å². The first kappa shape index (κ1) is 24.7. The number of ether oxygens (including phenoxy) is 2. The Labute approximate surface area is 205 Å². The van der Waals surface area contributed by atoms with Crippen molar-refractivity contribution < 1.29 is 23.5 Å². The number of ketones is 1. The summed E-state index contributed by atoms with van der Waals surface area (Å²) in [5.41, 5.74) is -0.468. The third-order valence-electron chi connectivity index (χ3n) is 5.00. The van der Waals surface area contributed by atoms with Crippen LogP contribution < -0.4 is 20.2 Å². The van der Waals surface area contributed by atoms with E-state index in [2.05, 4.69) is 27.9 Å². The molecule has 1 heterocycles. The van der Waals surface area contributed by atoms with E-state index in [1.54, 1.807) is 24.3 Å². The number of hydrogen-bond acceptors (Lipinski definition) is 7. The highest BCUT2D eigenvalue weighted by atomic mass is 127. The topological polar surface area (TPSA) is 98.1 Å². The van der Waals surface area contributed by atoms with Gasteiger partial charge in [0.1, 0.15) is 11.1 Å². The maximum absolute atomic E-state index is 13.5. The summed E-state index contributed by atoms with van der Waals surface area (Å²) in [7, 11) is 6.81. The molecule has 174 valence electrons. The first-order valence-corrected chi connectivity index (χ1v) is 11.3. The van der Waals surface area contributed by atoms with E-state index in [0.717, 1.165) is 10.1 Å². The van der Waals surface area contributed by atoms with Crippen LogP contribution in [0.4, 0.5) is 0 Å². The van der Waals surface area contributed by atoms with E-state index in [-0.39, 0.29) is 27.9 Å². The summed E-state index contributed by atoms with van der Waals surface area (Å²) < 4.78 is 17.1. The Morgan fingerprint density at radius 1 is 1.06 bits per heavy atom. The minimum Gasteiger partial charge on any atom is -0.493 e. The van der Waals surface area contributed by atoms with Crippen molar-refractivity contribution in [2.45, 2.75) is 6.42 Å². The molecule has 0 fully saturated rings. The SMILES string of the molecule is COc1ccc(C(=O)c2c(C(=O)NCCCN(C)C)oc3ccc(I)cc3c2=O)cc1OC. The largest absolute Gasteiger partial charge is 0.493 e. The predicted octanol–water partition coefficient (Wildman–Crippen LogP) is 3.33. The normalized spacial score (nSPS) is 11.0. The smallest absolute Gasteiger partial charge is 0.287 e. The number of nitrogens with zero attached hydrogens (tertiary/aromatic N) is 1. The van der Waals surface area contributed by atoms with Crippen molar-refractivity contribution in [2.75, 3.05) is 41.4 Å². The summed E-state index contributed by atoms with van der Waals surface area (Å²) in [4.78, 5) is 41.8. The van der Waals surface area contributed by atoms with Gasteiger partial charge in [-0.1, -0.05) is 0 Å². The first-order valence-electron chi connectivity index (χ1n) is 10.2. The quantitative estimate of drug-likeness (QED) is 0.242. The summed E-state index contributed by atoms with van der Waals surface area (Å²) in [6.07, 6.45) is 0.702. The lowest BCUT2D eigenvalue weighted by Crippen LogP contribution is -2.31. The number of carbonyl (C=O) groups excluding carboxylic acids is 2. The maximum atomic E-state index is 13.5. The molecule has 1 N–H and O–H groups in total. The Bertz CT molecular complexity index is 1250. The molecule has 33 heavy (non-hydrogen) atoms. The monoisotopic (exact) mass is 564 g/mol. The van der Waals surface area contributed by atoms with Crippen LogP contribution in [0, 0.1) is 3.57 Å². The Morgan fingerprint density at radius 3 is 2.45 bits per heavy atom. The number of fused-ring (bicyclic) bond motifs is 1. The van der Waals surface area contributed by atoms with E-state index in [1.807, 2.05) is 19.0 Å². The average molecular weight is 564 g/mol. The van der Waals surface area contributed by atoms with Crippen LogP contribution in [-0.2, 0) is 0 Å². The summed E-state index contributed by atoms with van der Waals surface area (Å²) >= 11 is 2.07. The van der Waals surface area contributed by atoms with Crippen molar-refractivity contribution in [3.8, 4) is 11.5 Å². The van der Waals surface area contributed by atoms with E-state index in [1.165, 1.54) is 26.4 Å². The van der Waals surface area contributed by atoms with Gasteiger partial charge >= 0.3 is 0 Å². The minimum atomic E-state index is -0.635. The molecule has 1 amide bonds. The zero-order valence-corrected chi connectivity index (χ0v) is 21.0. The third-order valence-corrected chi connectivity index (χ3v) is 5.67. The Kier molecular flexibility index (Phi) is 8.09. The molecule has 3 aromatic rings. The van der Waals surface area contributed by atoms with Crippen LogP contribution in [0.25, 0.3) is 11.0 Å². The number of amides is 1. The lowest BCUT2D eigenvalue weighted by molar-refractivity contribution is 0.0912. The molecule has 0 aliphatic heterocycles. The lowest BCUT2D eigenvalue weighted by Gasteiger charge is -2.13. The highest BCUT2D eigenvalue weighted by Crippen LogP contribution is 2.29. The van der Waals surface area contributed by atoms with Crippen LogP contribution in [0.2, 0.25) is 0 Å². The third kappa shape index (κ3) is 5.53. The molecule has 0 saturated carbocycles. The fourth-order valence-corrected chi connectivity index (χ4v) is 3.82. The average Bonchev–Trinajstić information content (AvgIpc) is 2.80. The van der Waals surface area contributed by atoms with E-state index in [0.29, 0.717) is 24.5 Å². The zero-order chi connectivity index (χ0) is 24.1. The molecule has 0 unspecified atom stereocenters. The summed E-state index contributed by atoms with van der Waals surface area (Å²) in [5.74, 6) is -0.789. The van der Waals surface area contributed by atoms with E-state index in [9.17, 15) is 14.4 Å². The summed E-state index contributed by atoms with van der Waals surface area (Å²) in [6.45, 7) is 1.15. The maximum Gasteiger partial charge on any atom is 0.287 e. The molecule has 0 aliphatic carbocycles. The van der Waals surface area contributed by atoms with Crippen molar-refractivity contribution in [2.24, 2.45) is 0 Å². The second-order valence-electron chi connectivity index (χ2n) is 7.59. The molecular formula is C24H25IN2O6. The second kappa shape index (κ2) is 10.8. The predicted molar refractivity (Wildman–Crippen MR) is 134 cm³/mol. The molecule has 0 radical (unpaired) electrons. The number of hydrogen-bond donors (Lipinski definition) is 1. The Hall–Kier alpha value is -2.92. The fourth-order valence-electron chi connectivity index (χ4n) is 3.33. The van der Waals surface area contributed by atoms with Crippen LogP contribution in [0.5, 0.6) is 11.5 Å². The Balaban J connectivity index is 2.10. The molecule has 3 rings (SSSR count). The van der Waals surface area contributed by atoms with Gasteiger partial charge in [0.2, 0.25) is 17.0 Å². The molecule has 0 atom stereocenters. The zero-order valence-electron chi connectivity index (χ0n) is 18.9. The van der Waals surface area contributed by atoms with Crippen LogP contribution >= 0.6 is 22.6 Å². The van der Waals surface area contributed by atoms with Crippen LogP contribution in [0.15, 0.2) is 45.6 Å². The van der Waals surface area contributed by atoms with Gasteiger partial charge in [0.15, 0.2) is 11.5 Å². The minimum absolute atomic E-state index is 0.173. The van der Waals surface area contributed by atoms with Gasteiger partial charge in [-0.3, -0.25) is 14.4 Å². The summed E-state index contributed by atoms with van der Waals surface area (Å²) in [5, 5.41) is 2.98. The lowest BCUT2D eigenvalue weighted by atomic mass is 9.99. The van der Waals surface area contributed by atoms with E-state index in [4.69, 9.17) is 13.9 Å². The number of benzene rings is 2. The molecule has 1 aromatic heterocycles. The van der Waals surface area contributed by atoms with Crippen LogP contribution in [0.3, 0.4) is 0 Å².